The quantitative estimate of drug-likeness (QED) is 0.607. The van der Waals surface area contributed by atoms with Gasteiger partial charge in [0, 0.05) is 0 Å². The second kappa shape index (κ2) is 3.69. The van der Waals surface area contributed by atoms with Crippen molar-refractivity contribution >= 4 is 0 Å². The molecule has 4 fully saturated rings. The van der Waals surface area contributed by atoms with Crippen molar-refractivity contribution in [1.29, 1.82) is 0 Å². The largest absolute Gasteiger partial charge is 0.348 e. The second-order valence-corrected chi connectivity index (χ2v) is 6.50. The Morgan fingerprint density at radius 2 is 1.37 bits per heavy atom. The molecule has 0 aromatic carbocycles. The second-order valence-electron chi connectivity index (χ2n) is 6.50. The first-order valence-corrected chi connectivity index (χ1v) is 6.83. The van der Waals surface area contributed by atoms with Crippen LogP contribution < -0.4 is 0 Å². The van der Waals surface area contributed by atoms with Gasteiger partial charge in [-0.15, -0.1) is 0 Å². The lowest BCUT2D eigenvalue weighted by Gasteiger charge is -2.42. The maximum Gasteiger partial charge on any atom is 0.187 e. The van der Waals surface area contributed by atoms with Crippen LogP contribution in [0.4, 0.5) is 0 Å². The molecule has 0 aromatic rings. The first-order valence-electron chi connectivity index (χ1n) is 6.83. The molecule has 19 heavy (non-hydrogen) atoms. The standard InChI is InChI=1S/C13H20O6/c1-12(2)14-5-6-7(17-12)8-9(10-11(15-6)16-10)19-13(3,4)18-8/h6-11H,5H2,1-4H3/t6?,7-,8?,9+,10?,11-/m1/s1. The molecule has 6 atom stereocenters. The maximum atomic E-state index is 6.03. The summed E-state index contributed by atoms with van der Waals surface area (Å²) in [5, 5.41) is 0. The minimum absolute atomic E-state index is 0.0518. The van der Waals surface area contributed by atoms with Gasteiger partial charge in [0.2, 0.25) is 0 Å². The van der Waals surface area contributed by atoms with E-state index in [9.17, 15) is 0 Å². The van der Waals surface area contributed by atoms with Crippen LogP contribution in [-0.4, -0.2) is 55.0 Å². The van der Waals surface area contributed by atoms with Gasteiger partial charge in [-0.3, -0.25) is 0 Å². The molecule has 0 saturated carbocycles. The number of epoxide rings is 1. The van der Waals surface area contributed by atoms with Crippen LogP contribution in [0.15, 0.2) is 0 Å². The fourth-order valence-electron chi connectivity index (χ4n) is 3.16. The van der Waals surface area contributed by atoms with Gasteiger partial charge in [-0.05, 0) is 27.7 Å². The summed E-state index contributed by atoms with van der Waals surface area (Å²) in [6, 6.07) is 0. The average Bonchev–Trinajstić information content (AvgIpc) is 2.98. The molecule has 0 N–H and O–H groups in total. The lowest BCUT2D eigenvalue weighted by atomic mass is 10.0. The SMILES string of the molecule is CC1(C)OCC2O[C@@H]3OC3[C@H]3OC(C)(C)OC3[C@@H]2O1. The number of ether oxygens (including phenoxy) is 6. The van der Waals surface area contributed by atoms with Crippen LogP contribution in [0.5, 0.6) is 0 Å². The van der Waals surface area contributed by atoms with Gasteiger partial charge < -0.3 is 28.4 Å². The van der Waals surface area contributed by atoms with Gasteiger partial charge >= 0.3 is 0 Å². The monoisotopic (exact) mass is 272 g/mol. The van der Waals surface area contributed by atoms with Crippen molar-refractivity contribution in [2.45, 2.75) is 76.1 Å². The third-order valence-corrected chi connectivity index (χ3v) is 3.98. The summed E-state index contributed by atoms with van der Waals surface area (Å²) in [4.78, 5) is 0. The Morgan fingerprint density at radius 1 is 0.737 bits per heavy atom. The van der Waals surface area contributed by atoms with Gasteiger partial charge in [-0.1, -0.05) is 0 Å². The smallest absolute Gasteiger partial charge is 0.187 e. The minimum atomic E-state index is -0.624. The summed E-state index contributed by atoms with van der Waals surface area (Å²) in [5.74, 6) is -1.24. The van der Waals surface area contributed by atoms with E-state index in [-0.39, 0.29) is 36.8 Å². The zero-order chi connectivity index (χ0) is 13.4. The normalized spacial score (nSPS) is 53.7. The van der Waals surface area contributed by atoms with Crippen molar-refractivity contribution in [3.8, 4) is 0 Å². The van der Waals surface area contributed by atoms with Crippen LogP contribution in [0, 0.1) is 0 Å². The fourth-order valence-corrected chi connectivity index (χ4v) is 3.16. The van der Waals surface area contributed by atoms with Gasteiger partial charge in [-0.2, -0.15) is 0 Å². The molecule has 4 rings (SSSR count). The van der Waals surface area contributed by atoms with E-state index in [1.807, 2.05) is 27.7 Å². The van der Waals surface area contributed by atoms with Crippen LogP contribution in [-0.2, 0) is 28.4 Å². The Kier molecular flexibility index (Phi) is 2.43. The summed E-state index contributed by atoms with van der Waals surface area (Å²) < 4.78 is 35.1. The summed E-state index contributed by atoms with van der Waals surface area (Å²) in [6.45, 7) is 8.12. The average molecular weight is 272 g/mol. The topological polar surface area (TPSA) is 58.7 Å². The van der Waals surface area contributed by atoms with Crippen molar-refractivity contribution in [3.05, 3.63) is 0 Å². The summed E-state index contributed by atoms with van der Waals surface area (Å²) in [7, 11) is 0. The summed E-state index contributed by atoms with van der Waals surface area (Å²) >= 11 is 0. The summed E-state index contributed by atoms with van der Waals surface area (Å²) in [6.07, 6.45) is -0.940. The van der Waals surface area contributed by atoms with E-state index in [2.05, 4.69) is 0 Å². The Hall–Kier alpha value is -0.240. The Bertz CT molecular complexity index is 395. The summed E-state index contributed by atoms with van der Waals surface area (Å²) in [5.41, 5.74) is 0. The maximum absolute atomic E-state index is 6.03. The highest BCUT2D eigenvalue weighted by molar-refractivity contribution is 5.04. The van der Waals surface area contributed by atoms with E-state index in [1.165, 1.54) is 0 Å². The molecule has 0 bridgehead atoms. The Morgan fingerprint density at radius 3 is 2.11 bits per heavy atom. The highest BCUT2D eigenvalue weighted by atomic mass is 16.8. The molecular weight excluding hydrogens is 252 g/mol. The van der Waals surface area contributed by atoms with Gasteiger partial charge in [0.15, 0.2) is 17.9 Å². The molecule has 4 aliphatic rings. The van der Waals surface area contributed by atoms with E-state index in [1.54, 1.807) is 0 Å². The molecule has 0 aromatic heterocycles. The number of hydrogen-bond donors (Lipinski definition) is 0. The van der Waals surface area contributed by atoms with Crippen molar-refractivity contribution in [2.24, 2.45) is 0 Å². The molecule has 0 aliphatic carbocycles. The molecule has 4 saturated heterocycles. The molecule has 3 unspecified atom stereocenters. The molecule has 0 radical (unpaired) electrons. The zero-order valence-corrected chi connectivity index (χ0v) is 11.6. The molecule has 108 valence electrons. The van der Waals surface area contributed by atoms with Crippen molar-refractivity contribution in [1.82, 2.24) is 0 Å². The molecule has 6 heteroatoms. The number of hydrogen-bond acceptors (Lipinski definition) is 6. The van der Waals surface area contributed by atoms with E-state index >= 15 is 0 Å². The van der Waals surface area contributed by atoms with Crippen LogP contribution in [0.3, 0.4) is 0 Å². The van der Waals surface area contributed by atoms with E-state index in [4.69, 9.17) is 28.4 Å². The molecule has 0 amide bonds. The van der Waals surface area contributed by atoms with E-state index < -0.39 is 11.6 Å². The third-order valence-electron chi connectivity index (χ3n) is 3.98. The fraction of sp³-hybridized carbons (Fsp3) is 1.00. The minimum Gasteiger partial charge on any atom is -0.348 e. The molecule has 4 aliphatic heterocycles. The van der Waals surface area contributed by atoms with Crippen LogP contribution in [0.25, 0.3) is 0 Å². The third kappa shape index (κ3) is 2.02. The van der Waals surface area contributed by atoms with Gasteiger partial charge in [0.1, 0.15) is 30.5 Å². The predicted octanol–water partition coefficient (Wildman–Crippen LogP) is 0.782. The molecular formula is C13H20O6. The molecule has 0 spiro atoms. The van der Waals surface area contributed by atoms with E-state index in [0.717, 1.165) is 0 Å². The Labute approximate surface area is 112 Å². The predicted molar refractivity (Wildman–Crippen MR) is 62.3 cm³/mol. The Balaban J connectivity index is 1.64. The first kappa shape index (κ1) is 12.5. The van der Waals surface area contributed by atoms with E-state index in [0.29, 0.717) is 6.61 Å². The van der Waals surface area contributed by atoms with Gasteiger partial charge in [-0.25, -0.2) is 0 Å². The van der Waals surface area contributed by atoms with Gasteiger partial charge in [0.05, 0.1) is 6.61 Å². The zero-order valence-electron chi connectivity index (χ0n) is 11.6. The van der Waals surface area contributed by atoms with Crippen molar-refractivity contribution in [3.63, 3.8) is 0 Å². The lowest BCUT2D eigenvalue weighted by Crippen LogP contribution is -2.56. The number of rotatable bonds is 0. The molecule has 4 heterocycles. The van der Waals surface area contributed by atoms with Crippen LogP contribution in [0.2, 0.25) is 0 Å². The first-order chi connectivity index (χ1) is 8.85. The highest BCUT2D eigenvalue weighted by Crippen LogP contribution is 2.46. The van der Waals surface area contributed by atoms with Crippen molar-refractivity contribution in [2.75, 3.05) is 6.61 Å². The number of fused-ring (bicyclic) bond motifs is 5. The lowest BCUT2D eigenvalue weighted by molar-refractivity contribution is -0.330. The van der Waals surface area contributed by atoms with Crippen LogP contribution >= 0.6 is 0 Å². The highest BCUT2D eigenvalue weighted by Gasteiger charge is 2.64. The van der Waals surface area contributed by atoms with Crippen molar-refractivity contribution < 1.29 is 28.4 Å². The van der Waals surface area contributed by atoms with Crippen LogP contribution in [0.1, 0.15) is 27.7 Å². The van der Waals surface area contributed by atoms with Gasteiger partial charge in [0.25, 0.3) is 0 Å². The molecule has 6 nitrogen and oxygen atoms in total.